The lowest BCUT2D eigenvalue weighted by atomic mass is 10.5. The molecule has 0 aliphatic carbocycles. The molecule has 0 saturated heterocycles. The Morgan fingerprint density at radius 3 is 1.93 bits per heavy atom. The number of phosphoric ester groups is 1. The van der Waals surface area contributed by atoms with Crippen LogP contribution in [-0.2, 0) is 13.9 Å². The lowest BCUT2D eigenvalue weighted by molar-refractivity contribution is -0.870. The Kier molecular flexibility index (Phi) is 7.82. The van der Waals surface area contributed by atoms with Gasteiger partial charge in [-0.1, -0.05) is 0 Å². The summed E-state index contributed by atoms with van der Waals surface area (Å²) in [6.07, 6.45) is 0. The van der Waals surface area contributed by atoms with Crippen LogP contribution in [0, 0.1) is 0 Å². The topological polar surface area (TPSA) is 107 Å². The third-order valence-electron chi connectivity index (χ3n) is 1.02. The van der Waals surface area contributed by atoms with Gasteiger partial charge in [0.05, 0.1) is 21.1 Å². The van der Waals surface area contributed by atoms with E-state index < -0.39 is 13.8 Å². The van der Waals surface area contributed by atoms with Crippen molar-refractivity contribution in [3.05, 3.63) is 0 Å². The number of carboxylic acids is 1. The van der Waals surface area contributed by atoms with Crippen LogP contribution in [0.5, 0.6) is 0 Å². The van der Waals surface area contributed by atoms with E-state index in [1.165, 1.54) is 0 Å². The number of aliphatic carboxylic acids is 1. The summed E-state index contributed by atoms with van der Waals surface area (Å²) in [5.74, 6) is -1.08. The number of rotatable bonds is 4. The molecule has 0 bridgehead atoms. The van der Waals surface area contributed by atoms with Crippen LogP contribution in [0.15, 0.2) is 0 Å². The Hall–Kier alpha value is -0.460. The Bertz CT molecular complexity index is 226. The lowest BCUT2D eigenvalue weighted by Crippen LogP contribution is -2.37. The average molecular weight is 243 g/mol. The van der Waals surface area contributed by atoms with Crippen molar-refractivity contribution in [2.24, 2.45) is 0 Å². The van der Waals surface area contributed by atoms with Crippen LogP contribution in [0.2, 0.25) is 0 Å². The first kappa shape index (κ1) is 17.0. The predicted octanol–water partition coefficient (Wildman–Crippen LogP) is -1.44. The van der Waals surface area contributed by atoms with Crippen molar-refractivity contribution < 1.29 is 33.3 Å². The summed E-state index contributed by atoms with van der Waals surface area (Å²) in [6, 6.07) is 0. The molecule has 8 heteroatoms. The van der Waals surface area contributed by atoms with Gasteiger partial charge in [-0.3, -0.25) is 4.52 Å². The third-order valence-corrected chi connectivity index (χ3v) is 1.54. The van der Waals surface area contributed by atoms with Crippen molar-refractivity contribution >= 4 is 13.8 Å². The minimum absolute atomic E-state index is 0.0772. The minimum atomic E-state index is -4.26. The highest BCUT2D eigenvalue weighted by Crippen LogP contribution is 2.35. The molecular weight excluding hydrogens is 225 g/mol. The molecule has 0 aromatic rings. The summed E-state index contributed by atoms with van der Waals surface area (Å²) >= 11 is 0. The maximum absolute atomic E-state index is 10.2. The van der Waals surface area contributed by atoms with Gasteiger partial charge in [-0.2, -0.15) is 0 Å². The van der Waals surface area contributed by atoms with Crippen LogP contribution in [0.25, 0.3) is 0 Å². The molecule has 0 spiro atoms. The van der Waals surface area contributed by atoms with Gasteiger partial charge in [-0.15, -0.1) is 0 Å². The predicted molar refractivity (Wildman–Crippen MR) is 51.6 cm³/mol. The highest BCUT2D eigenvalue weighted by Gasteiger charge is 2.15. The quantitative estimate of drug-likeness (QED) is 0.462. The van der Waals surface area contributed by atoms with Crippen molar-refractivity contribution in [3.8, 4) is 0 Å². The Labute approximate surface area is 89.1 Å². The van der Waals surface area contributed by atoms with E-state index in [4.69, 9.17) is 19.7 Å². The summed E-state index contributed by atoms with van der Waals surface area (Å²) in [6.45, 7) is 1.62. The molecule has 2 N–H and O–H groups in total. The Morgan fingerprint density at radius 2 is 1.73 bits per heavy atom. The molecule has 0 heterocycles. The van der Waals surface area contributed by atoms with Crippen molar-refractivity contribution in [1.82, 2.24) is 0 Å². The maximum Gasteiger partial charge on any atom is 0.469 e. The molecule has 0 aromatic heterocycles. The summed E-state index contributed by atoms with van der Waals surface area (Å²) in [5, 5.41) is 8.89. The van der Waals surface area contributed by atoms with Gasteiger partial charge in [-0.25, -0.2) is 4.57 Å². The van der Waals surface area contributed by atoms with E-state index in [0.29, 0.717) is 11.0 Å². The number of phosphoric acid groups is 1. The number of carbonyl (C=O) groups is 1. The van der Waals surface area contributed by atoms with Crippen molar-refractivity contribution in [3.63, 3.8) is 0 Å². The fraction of sp³-hybridized carbons (Fsp3) is 0.857. The zero-order chi connectivity index (χ0) is 12.7. The van der Waals surface area contributed by atoms with Crippen molar-refractivity contribution in [1.29, 1.82) is 0 Å². The number of hydrogen-bond donors (Lipinski definition) is 2. The van der Waals surface area contributed by atoms with Crippen LogP contribution >= 0.6 is 7.82 Å². The molecule has 0 rings (SSSR count). The molecule has 0 amide bonds. The van der Waals surface area contributed by atoms with Crippen LogP contribution in [0.3, 0.4) is 0 Å². The van der Waals surface area contributed by atoms with Gasteiger partial charge in [0.25, 0.3) is 0 Å². The number of carbonyl (C=O) groups excluding carboxylic acids is 1. The highest BCUT2D eigenvalue weighted by atomic mass is 31.2. The average Bonchev–Trinajstić information content (AvgIpc) is 1.77. The van der Waals surface area contributed by atoms with E-state index >= 15 is 0 Å². The van der Waals surface area contributed by atoms with E-state index in [2.05, 4.69) is 4.52 Å². The molecule has 92 valence electrons. The number of hydrogen-bond acceptors (Lipinski definition) is 4. The van der Waals surface area contributed by atoms with Crippen LogP contribution < -0.4 is 5.11 Å². The minimum Gasteiger partial charge on any atom is -0.550 e. The molecular formula is C7H18NO6P. The molecule has 0 unspecified atom stereocenters. The largest absolute Gasteiger partial charge is 0.550 e. The second-order valence-electron chi connectivity index (χ2n) is 3.83. The first-order valence-corrected chi connectivity index (χ1v) is 5.65. The molecule has 0 aliphatic heterocycles. The normalized spacial score (nSPS) is 11.6. The van der Waals surface area contributed by atoms with Gasteiger partial charge in [-0.05, 0) is 6.92 Å². The van der Waals surface area contributed by atoms with Crippen molar-refractivity contribution in [2.45, 2.75) is 6.92 Å². The van der Waals surface area contributed by atoms with E-state index in [9.17, 15) is 4.57 Å². The van der Waals surface area contributed by atoms with Gasteiger partial charge in [0.15, 0.2) is 0 Å². The van der Waals surface area contributed by atoms with Crippen LogP contribution in [0.4, 0.5) is 0 Å². The molecule has 0 fully saturated rings. The second kappa shape index (κ2) is 6.92. The summed E-state index contributed by atoms with van der Waals surface area (Å²) < 4.78 is 15.1. The molecule has 0 aromatic carbocycles. The van der Waals surface area contributed by atoms with Crippen LogP contribution in [-0.4, -0.2) is 54.5 Å². The van der Waals surface area contributed by atoms with Gasteiger partial charge in [0, 0.05) is 5.97 Å². The fourth-order valence-electron chi connectivity index (χ4n) is 0.434. The molecule has 0 radical (unpaired) electrons. The third kappa shape index (κ3) is 31.7. The Morgan fingerprint density at radius 1 is 1.40 bits per heavy atom. The zero-order valence-electron chi connectivity index (χ0n) is 9.34. The van der Waals surface area contributed by atoms with Gasteiger partial charge >= 0.3 is 7.82 Å². The first-order valence-electron chi connectivity index (χ1n) is 4.12. The molecule has 0 atom stereocenters. The Balaban J connectivity index is 0. The van der Waals surface area contributed by atoms with Crippen LogP contribution in [0.1, 0.15) is 6.92 Å². The van der Waals surface area contributed by atoms with E-state index in [0.717, 1.165) is 6.92 Å². The van der Waals surface area contributed by atoms with Crippen molar-refractivity contribution in [2.75, 3.05) is 34.3 Å². The SMILES string of the molecule is CC(=O)[O-].C[N+](C)(C)CCOP(=O)(O)O. The summed E-state index contributed by atoms with van der Waals surface area (Å²) in [4.78, 5) is 25.5. The molecule has 7 nitrogen and oxygen atoms in total. The molecule has 0 aliphatic rings. The van der Waals surface area contributed by atoms with E-state index in [1.807, 2.05) is 21.1 Å². The van der Waals surface area contributed by atoms with Gasteiger partial charge in [0.2, 0.25) is 0 Å². The smallest absolute Gasteiger partial charge is 0.469 e. The number of quaternary nitrogens is 1. The second-order valence-corrected chi connectivity index (χ2v) is 5.07. The van der Waals surface area contributed by atoms with Gasteiger partial charge < -0.3 is 24.2 Å². The summed E-state index contributed by atoms with van der Waals surface area (Å²) in [7, 11) is 1.50. The maximum atomic E-state index is 10.2. The number of carboxylic acid groups (broad SMARTS) is 1. The standard InChI is InChI=1S/C5H14NO4P.C2H4O2/c1-6(2,3)4-5-10-11(7,8)9;1-2(3)4/h4-5H2,1-3H3,(H-,7,8,9);1H3,(H,3,4). The van der Waals surface area contributed by atoms with Gasteiger partial charge in [0.1, 0.15) is 13.2 Å². The lowest BCUT2D eigenvalue weighted by Gasteiger charge is -2.23. The number of nitrogens with zero attached hydrogens (tertiary/aromatic N) is 1. The zero-order valence-corrected chi connectivity index (χ0v) is 10.2. The van der Waals surface area contributed by atoms with E-state index in [-0.39, 0.29) is 6.61 Å². The summed E-state index contributed by atoms with van der Waals surface area (Å²) in [5.41, 5.74) is 0. The highest BCUT2D eigenvalue weighted by molar-refractivity contribution is 7.46. The fourth-order valence-corrected chi connectivity index (χ4v) is 0.753. The molecule has 15 heavy (non-hydrogen) atoms. The number of likely N-dealkylation sites (N-methyl/N-ethyl adjacent to an activating group) is 1. The van der Waals surface area contributed by atoms with E-state index in [1.54, 1.807) is 0 Å². The monoisotopic (exact) mass is 243 g/mol. The first-order chi connectivity index (χ1) is 6.44. The molecule has 0 saturated carbocycles.